The molecular formula is C23H29N3O3. The van der Waals surface area contributed by atoms with Crippen LogP contribution in [0, 0.1) is 6.92 Å². The highest BCUT2D eigenvalue weighted by Crippen LogP contribution is 2.29. The molecule has 154 valence electrons. The molecule has 2 aromatic rings. The number of nitrogens with zero attached hydrogens (tertiary/aromatic N) is 2. The summed E-state index contributed by atoms with van der Waals surface area (Å²) in [6, 6.07) is 13.3. The molecule has 0 aromatic heterocycles. The molecule has 6 nitrogen and oxygen atoms in total. The fraction of sp³-hybridized carbons (Fsp3) is 0.391. The van der Waals surface area contributed by atoms with Gasteiger partial charge in [-0.3, -0.25) is 9.69 Å². The number of hydrogen-bond acceptors (Lipinski definition) is 5. The van der Waals surface area contributed by atoms with E-state index >= 15 is 0 Å². The van der Waals surface area contributed by atoms with E-state index in [1.165, 1.54) is 7.11 Å². The van der Waals surface area contributed by atoms with Gasteiger partial charge in [0.1, 0.15) is 0 Å². The molecule has 29 heavy (non-hydrogen) atoms. The Morgan fingerprint density at radius 3 is 2.34 bits per heavy atom. The Hall–Kier alpha value is -2.86. The van der Waals surface area contributed by atoms with E-state index in [-0.39, 0.29) is 5.91 Å². The molecule has 2 aromatic carbocycles. The van der Waals surface area contributed by atoms with Crippen molar-refractivity contribution in [2.75, 3.05) is 43.5 Å². The first-order valence-electron chi connectivity index (χ1n) is 9.98. The summed E-state index contributed by atoms with van der Waals surface area (Å²) < 4.78 is 4.85. The minimum absolute atomic E-state index is 0.196. The minimum Gasteiger partial charge on any atom is -0.465 e. The molecule has 0 radical (unpaired) electrons. The summed E-state index contributed by atoms with van der Waals surface area (Å²) >= 11 is 0. The van der Waals surface area contributed by atoms with Crippen molar-refractivity contribution in [2.24, 2.45) is 0 Å². The third-order valence-corrected chi connectivity index (χ3v) is 5.33. The minimum atomic E-state index is -0.424. The predicted octanol–water partition coefficient (Wildman–Crippen LogP) is 3.56. The molecule has 1 fully saturated rings. The standard InChI is InChI=1S/C23H29N3O3/c1-16(2)25-10-12-26(13-11-25)21-9-8-19(23(28)29-4)15-20(21)24-22(27)18-7-5-6-17(3)14-18/h5-9,14-16H,10-13H2,1-4H3,(H,24,27). The van der Waals surface area contributed by atoms with Crippen molar-refractivity contribution in [3.63, 3.8) is 0 Å². The Morgan fingerprint density at radius 2 is 1.72 bits per heavy atom. The molecule has 1 aliphatic rings. The molecule has 0 bridgehead atoms. The van der Waals surface area contributed by atoms with Crippen molar-refractivity contribution >= 4 is 23.3 Å². The second-order valence-corrected chi connectivity index (χ2v) is 7.66. The van der Waals surface area contributed by atoms with Gasteiger partial charge in [0.25, 0.3) is 5.91 Å². The smallest absolute Gasteiger partial charge is 0.337 e. The van der Waals surface area contributed by atoms with E-state index in [2.05, 4.69) is 29.0 Å². The van der Waals surface area contributed by atoms with Crippen LogP contribution in [-0.4, -0.2) is 56.1 Å². The number of benzene rings is 2. The Kier molecular flexibility index (Phi) is 6.54. The summed E-state index contributed by atoms with van der Waals surface area (Å²) in [7, 11) is 1.35. The first-order valence-corrected chi connectivity index (χ1v) is 9.98. The number of carbonyl (C=O) groups is 2. The highest BCUT2D eigenvalue weighted by atomic mass is 16.5. The van der Waals surface area contributed by atoms with Crippen LogP contribution in [0.5, 0.6) is 0 Å². The van der Waals surface area contributed by atoms with Crippen molar-refractivity contribution in [3.8, 4) is 0 Å². The van der Waals surface area contributed by atoms with Crippen LogP contribution in [-0.2, 0) is 4.74 Å². The number of amides is 1. The fourth-order valence-electron chi connectivity index (χ4n) is 3.62. The maximum Gasteiger partial charge on any atom is 0.337 e. The SMILES string of the molecule is COC(=O)c1ccc(N2CCN(C(C)C)CC2)c(NC(=O)c2cccc(C)c2)c1. The Bertz CT molecular complexity index is 887. The first kappa shape index (κ1) is 20.9. The number of ether oxygens (including phenoxy) is 1. The lowest BCUT2D eigenvalue weighted by Crippen LogP contribution is -2.49. The third-order valence-electron chi connectivity index (χ3n) is 5.33. The number of rotatable bonds is 5. The topological polar surface area (TPSA) is 61.9 Å². The van der Waals surface area contributed by atoms with Gasteiger partial charge in [0, 0.05) is 37.8 Å². The molecule has 0 unspecified atom stereocenters. The van der Waals surface area contributed by atoms with E-state index in [9.17, 15) is 9.59 Å². The zero-order chi connectivity index (χ0) is 21.0. The van der Waals surface area contributed by atoms with Crippen molar-refractivity contribution in [1.82, 2.24) is 4.90 Å². The molecule has 1 N–H and O–H groups in total. The first-order chi connectivity index (χ1) is 13.9. The Balaban J connectivity index is 1.88. The van der Waals surface area contributed by atoms with E-state index < -0.39 is 5.97 Å². The van der Waals surface area contributed by atoms with Crippen molar-refractivity contribution < 1.29 is 14.3 Å². The van der Waals surface area contributed by atoms with Crippen LogP contribution in [0.25, 0.3) is 0 Å². The lowest BCUT2D eigenvalue weighted by Gasteiger charge is -2.38. The molecular weight excluding hydrogens is 366 g/mol. The van der Waals surface area contributed by atoms with E-state index in [1.807, 2.05) is 31.2 Å². The monoisotopic (exact) mass is 395 g/mol. The van der Waals surface area contributed by atoms with Gasteiger partial charge in [-0.1, -0.05) is 17.7 Å². The van der Waals surface area contributed by atoms with Gasteiger partial charge in [-0.25, -0.2) is 4.79 Å². The quantitative estimate of drug-likeness (QED) is 0.785. The van der Waals surface area contributed by atoms with Gasteiger partial charge in [-0.2, -0.15) is 0 Å². The predicted molar refractivity (Wildman–Crippen MR) is 116 cm³/mol. The van der Waals surface area contributed by atoms with Crippen LogP contribution in [0.2, 0.25) is 0 Å². The van der Waals surface area contributed by atoms with Crippen molar-refractivity contribution in [1.29, 1.82) is 0 Å². The zero-order valence-corrected chi connectivity index (χ0v) is 17.6. The number of hydrogen-bond donors (Lipinski definition) is 1. The van der Waals surface area contributed by atoms with Gasteiger partial charge in [0.05, 0.1) is 24.0 Å². The number of aryl methyl sites for hydroxylation is 1. The van der Waals surface area contributed by atoms with Gasteiger partial charge in [-0.05, 0) is 51.1 Å². The number of carbonyl (C=O) groups excluding carboxylic acids is 2. The highest BCUT2D eigenvalue weighted by molar-refractivity contribution is 6.07. The number of piperazine rings is 1. The van der Waals surface area contributed by atoms with Gasteiger partial charge in [0.15, 0.2) is 0 Å². The molecule has 0 aliphatic carbocycles. The van der Waals surface area contributed by atoms with E-state index in [1.54, 1.807) is 18.2 Å². The molecule has 0 saturated carbocycles. The lowest BCUT2D eigenvalue weighted by molar-refractivity contribution is 0.0600. The summed E-state index contributed by atoms with van der Waals surface area (Å²) in [6.07, 6.45) is 0. The van der Waals surface area contributed by atoms with Crippen LogP contribution < -0.4 is 10.2 Å². The van der Waals surface area contributed by atoms with Crippen LogP contribution >= 0.6 is 0 Å². The molecule has 1 amide bonds. The zero-order valence-electron chi connectivity index (χ0n) is 17.6. The summed E-state index contributed by atoms with van der Waals surface area (Å²) in [6.45, 7) is 10.0. The maximum absolute atomic E-state index is 12.8. The van der Waals surface area contributed by atoms with E-state index in [0.29, 0.717) is 22.9 Å². The molecule has 6 heteroatoms. The second kappa shape index (κ2) is 9.09. The molecule has 0 atom stereocenters. The van der Waals surface area contributed by atoms with Crippen LogP contribution in [0.15, 0.2) is 42.5 Å². The molecule has 1 heterocycles. The normalized spacial score (nSPS) is 14.7. The highest BCUT2D eigenvalue weighted by Gasteiger charge is 2.22. The Morgan fingerprint density at radius 1 is 1.00 bits per heavy atom. The number of esters is 1. The average Bonchev–Trinajstić information content (AvgIpc) is 2.73. The summed E-state index contributed by atoms with van der Waals surface area (Å²) in [4.78, 5) is 29.5. The maximum atomic E-state index is 12.8. The molecule has 3 rings (SSSR count). The third kappa shape index (κ3) is 4.95. The summed E-state index contributed by atoms with van der Waals surface area (Å²) in [5, 5.41) is 3.00. The largest absolute Gasteiger partial charge is 0.465 e. The number of anilines is 2. The lowest BCUT2D eigenvalue weighted by atomic mass is 10.1. The second-order valence-electron chi connectivity index (χ2n) is 7.66. The Labute approximate surface area is 172 Å². The fourth-order valence-corrected chi connectivity index (χ4v) is 3.62. The van der Waals surface area contributed by atoms with E-state index in [4.69, 9.17) is 4.74 Å². The van der Waals surface area contributed by atoms with E-state index in [0.717, 1.165) is 37.4 Å². The van der Waals surface area contributed by atoms with Crippen LogP contribution in [0.4, 0.5) is 11.4 Å². The summed E-state index contributed by atoms with van der Waals surface area (Å²) in [5.74, 6) is -0.620. The van der Waals surface area contributed by atoms with Gasteiger partial charge in [-0.15, -0.1) is 0 Å². The molecule has 0 spiro atoms. The van der Waals surface area contributed by atoms with Gasteiger partial charge in [0.2, 0.25) is 0 Å². The van der Waals surface area contributed by atoms with Crippen molar-refractivity contribution in [2.45, 2.75) is 26.8 Å². The van der Waals surface area contributed by atoms with Crippen LogP contribution in [0.3, 0.4) is 0 Å². The molecule has 1 saturated heterocycles. The van der Waals surface area contributed by atoms with Crippen molar-refractivity contribution in [3.05, 3.63) is 59.2 Å². The number of methoxy groups -OCH3 is 1. The van der Waals surface area contributed by atoms with Crippen LogP contribution in [0.1, 0.15) is 40.1 Å². The summed E-state index contributed by atoms with van der Waals surface area (Å²) in [5.41, 5.74) is 3.56. The molecule has 1 aliphatic heterocycles. The average molecular weight is 396 g/mol. The number of nitrogens with one attached hydrogen (secondary N) is 1. The van der Waals surface area contributed by atoms with Gasteiger partial charge >= 0.3 is 5.97 Å². The van der Waals surface area contributed by atoms with Gasteiger partial charge < -0.3 is 15.0 Å².